The normalized spacial score (nSPS) is 12.6. The molecule has 0 unspecified atom stereocenters. The molecule has 1 aromatic carbocycles. The van der Waals surface area contributed by atoms with Gasteiger partial charge in [-0.2, -0.15) is 0 Å². The van der Waals surface area contributed by atoms with E-state index in [-0.39, 0.29) is 23.3 Å². The van der Waals surface area contributed by atoms with Crippen molar-refractivity contribution in [2.45, 2.75) is 24.8 Å². The van der Waals surface area contributed by atoms with Crippen molar-refractivity contribution in [1.29, 1.82) is 0 Å². The molecule has 1 aromatic rings. The van der Waals surface area contributed by atoms with Crippen LogP contribution in [0, 0.1) is 0 Å². The van der Waals surface area contributed by atoms with Crippen molar-refractivity contribution in [2.75, 3.05) is 32.1 Å². The third-order valence-corrected chi connectivity index (χ3v) is 5.27. The first-order chi connectivity index (χ1) is 9.27. The average molecular weight is 401 g/mol. The molecule has 5 nitrogen and oxygen atoms in total. The monoisotopic (exact) mass is 399 g/mol. The molecule has 0 bridgehead atoms. The second kappa shape index (κ2) is 8.95. The molecule has 0 saturated carbocycles. The van der Waals surface area contributed by atoms with Gasteiger partial charge in [-0.1, -0.05) is 6.92 Å². The van der Waals surface area contributed by atoms with Crippen LogP contribution in [0.25, 0.3) is 0 Å². The Kier molecular flexibility index (Phi) is 8.80. The summed E-state index contributed by atoms with van der Waals surface area (Å²) in [5, 5.41) is 3.17. The van der Waals surface area contributed by atoms with Crippen LogP contribution in [-0.2, 0) is 10.0 Å². The van der Waals surface area contributed by atoms with Crippen molar-refractivity contribution in [3.05, 3.63) is 22.7 Å². The third-order valence-electron chi connectivity index (χ3n) is 2.85. The number of rotatable bonds is 7. The van der Waals surface area contributed by atoms with Crippen LogP contribution >= 0.6 is 28.3 Å². The van der Waals surface area contributed by atoms with E-state index >= 15 is 0 Å². The number of benzene rings is 1. The predicted molar refractivity (Wildman–Crippen MR) is 94.0 cm³/mol. The fourth-order valence-electron chi connectivity index (χ4n) is 1.71. The average Bonchev–Trinajstić information content (AvgIpc) is 2.37. The van der Waals surface area contributed by atoms with Crippen LogP contribution in [0.3, 0.4) is 0 Å². The number of nitrogens with one attached hydrogen (secondary N) is 2. The van der Waals surface area contributed by atoms with Gasteiger partial charge in [-0.3, -0.25) is 0 Å². The van der Waals surface area contributed by atoms with Gasteiger partial charge in [0.25, 0.3) is 0 Å². The SMILES string of the molecule is CCN[C@H](C)CNS(=O)(=O)c1cc(N(C)C)ccc1Br.Cl. The fourth-order valence-corrected chi connectivity index (χ4v) is 3.82. The summed E-state index contributed by atoms with van der Waals surface area (Å²) in [5.74, 6) is 0. The van der Waals surface area contributed by atoms with Crippen LogP contribution in [0.15, 0.2) is 27.6 Å². The molecule has 1 atom stereocenters. The van der Waals surface area contributed by atoms with E-state index in [1.54, 1.807) is 12.1 Å². The topological polar surface area (TPSA) is 61.4 Å². The summed E-state index contributed by atoms with van der Waals surface area (Å²) < 4.78 is 27.9. The summed E-state index contributed by atoms with van der Waals surface area (Å²) in [6, 6.07) is 5.36. The first kappa shape index (κ1) is 20.7. The van der Waals surface area contributed by atoms with Crippen LogP contribution in [0.5, 0.6) is 0 Å². The third kappa shape index (κ3) is 6.12. The van der Waals surface area contributed by atoms with E-state index in [1.165, 1.54) is 0 Å². The van der Waals surface area contributed by atoms with Gasteiger partial charge in [0.15, 0.2) is 0 Å². The minimum Gasteiger partial charge on any atom is -0.378 e. The number of hydrogen-bond donors (Lipinski definition) is 2. The molecule has 0 radical (unpaired) electrons. The van der Waals surface area contributed by atoms with Crippen LogP contribution < -0.4 is 14.9 Å². The maximum Gasteiger partial charge on any atom is 0.241 e. The number of nitrogens with zero attached hydrogens (tertiary/aromatic N) is 1. The molecular formula is C13H23BrClN3O2S. The summed E-state index contributed by atoms with van der Waals surface area (Å²) in [6.07, 6.45) is 0. The number of anilines is 1. The van der Waals surface area contributed by atoms with Crippen LogP contribution in [0.4, 0.5) is 5.69 Å². The van der Waals surface area contributed by atoms with Crippen molar-refractivity contribution < 1.29 is 8.42 Å². The second-order valence-electron chi connectivity index (χ2n) is 4.82. The van der Waals surface area contributed by atoms with Gasteiger partial charge in [-0.25, -0.2) is 13.1 Å². The fraction of sp³-hybridized carbons (Fsp3) is 0.538. The molecule has 2 N–H and O–H groups in total. The number of sulfonamides is 1. The largest absolute Gasteiger partial charge is 0.378 e. The lowest BCUT2D eigenvalue weighted by Gasteiger charge is -2.17. The Morgan fingerprint density at radius 3 is 2.48 bits per heavy atom. The zero-order valence-corrected chi connectivity index (χ0v) is 15.9. The van der Waals surface area contributed by atoms with E-state index in [0.717, 1.165) is 12.2 Å². The van der Waals surface area contributed by atoms with Crippen LogP contribution in [0.2, 0.25) is 0 Å². The molecule has 0 heterocycles. The van der Waals surface area contributed by atoms with Crippen LogP contribution in [-0.4, -0.2) is 41.6 Å². The van der Waals surface area contributed by atoms with Crippen molar-refractivity contribution >= 4 is 44.0 Å². The first-order valence-electron chi connectivity index (χ1n) is 6.48. The molecule has 0 aliphatic rings. The number of halogens is 2. The van der Waals surface area contributed by atoms with Crippen molar-refractivity contribution in [2.24, 2.45) is 0 Å². The molecule has 21 heavy (non-hydrogen) atoms. The van der Waals surface area contributed by atoms with Crippen LogP contribution in [0.1, 0.15) is 13.8 Å². The highest BCUT2D eigenvalue weighted by atomic mass is 79.9. The Labute approximate surface area is 142 Å². The first-order valence-corrected chi connectivity index (χ1v) is 8.75. The summed E-state index contributed by atoms with van der Waals surface area (Å²) >= 11 is 3.30. The second-order valence-corrected chi connectivity index (χ2v) is 7.41. The molecule has 0 fully saturated rings. The van der Waals surface area contributed by atoms with Gasteiger partial charge in [-0.15, -0.1) is 12.4 Å². The van der Waals surface area contributed by atoms with Crippen molar-refractivity contribution in [1.82, 2.24) is 10.0 Å². The lowest BCUT2D eigenvalue weighted by atomic mass is 10.3. The Hall–Kier alpha value is -0.340. The highest BCUT2D eigenvalue weighted by Crippen LogP contribution is 2.26. The zero-order valence-electron chi connectivity index (χ0n) is 12.7. The van der Waals surface area contributed by atoms with Gasteiger partial charge in [0.05, 0.1) is 4.90 Å². The van der Waals surface area contributed by atoms with Crippen molar-refractivity contribution in [3.63, 3.8) is 0 Å². The maximum absolute atomic E-state index is 12.3. The molecule has 0 spiro atoms. The van der Waals surface area contributed by atoms with Gasteiger partial charge < -0.3 is 10.2 Å². The van der Waals surface area contributed by atoms with E-state index < -0.39 is 10.0 Å². The standard InChI is InChI=1S/C13H22BrN3O2S.ClH/c1-5-15-10(2)9-16-20(18,19)13-8-11(17(3)4)6-7-12(13)14;/h6-8,10,15-16H,5,9H2,1-4H3;1H/t10-;/m1./s1. The number of hydrogen-bond acceptors (Lipinski definition) is 4. The maximum atomic E-state index is 12.3. The highest BCUT2D eigenvalue weighted by molar-refractivity contribution is 9.10. The number of likely N-dealkylation sites (N-methyl/N-ethyl adjacent to an activating group) is 1. The van der Waals surface area contributed by atoms with Gasteiger partial charge in [0.2, 0.25) is 10.0 Å². The highest BCUT2D eigenvalue weighted by Gasteiger charge is 2.19. The quantitative estimate of drug-likeness (QED) is 0.737. The van der Waals surface area contributed by atoms with Gasteiger partial charge in [0, 0.05) is 36.8 Å². The molecule has 0 aliphatic carbocycles. The zero-order chi connectivity index (χ0) is 15.3. The van der Waals surface area contributed by atoms with E-state index in [9.17, 15) is 8.42 Å². The molecule has 122 valence electrons. The van der Waals surface area contributed by atoms with Crippen molar-refractivity contribution in [3.8, 4) is 0 Å². The lowest BCUT2D eigenvalue weighted by Crippen LogP contribution is -2.38. The smallest absolute Gasteiger partial charge is 0.241 e. The van der Waals surface area contributed by atoms with Gasteiger partial charge >= 0.3 is 0 Å². The Bertz CT molecular complexity index is 552. The van der Waals surface area contributed by atoms with Gasteiger partial charge in [-0.05, 0) is 47.6 Å². The molecule has 0 aliphatic heterocycles. The molecule has 8 heteroatoms. The Morgan fingerprint density at radius 1 is 1.33 bits per heavy atom. The van der Waals surface area contributed by atoms with E-state index in [2.05, 4.69) is 26.0 Å². The summed E-state index contributed by atoms with van der Waals surface area (Å²) in [7, 11) is 0.227. The predicted octanol–water partition coefficient (Wildman–Crippen LogP) is 2.21. The lowest BCUT2D eigenvalue weighted by molar-refractivity contribution is 0.536. The molecular weight excluding hydrogens is 378 g/mol. The molecule has 0 amide bonds. The van der Waals surface area contributed by atoms with E-state index in [0.29, 0.717) is 11.0 Å². The summed E-state index contributed by atoms with van der Waals surface area (Å²) in [4.78, 5) is 2.12. The Morgan fingerprint density at radius 2 is 1.95 bits per heavy atom. The van der Waals surface area contributed by atoms with Gasteiger partial charge in [0.1, 0.15) is 0 Å². The summed E-state index contributed by atoms with van der Waals surface area (Å²) in [5.41, 5.74) is 0.841. The minimum absolute atomic E-state index is 0. The minimum atomic E-state index is -3.52. The Balaban J connectivity index is 0.00000400. The molecule has 0 saturated heterocycles. The molecule has 1 rings (SSSR count). The summed E-state index contributed by atoms with van der Waals surface area (Å²) in [6.45, 7) is 5.09. The molecule has 0 aromatic heterocycles. The van der Waals surface area contributed by atoms with E-state index in [1.807, 2.05) is 38.9 Å². The van der Waals surface area contributed by atoms with E-state index in [4.69, 9.17) is 0 Å².